The van der Waals surface area contributed by atoms with E-state index in [1.165, 1.54) is 4.90 Å². The van der Waals surface area contributed by atoms with E-state index in [9.17, 15) is 9.59 Å². The quantitative estimate of drug-likeness (QED) is 0.716. The topological polar surface area (TPSA) is 74.7 Å². The molecular formula is C24H22N4O2. The van der Waals surface area contributed by atoms with Crippen molar-refractivity contribution < 1.29 is 9.59 Å². The van der Waals surface area contributed by atoms with Gasteiger partial charge in [0.15, 0.2) is 5.82 Å². The van der Waals surface area contributed by atoms with Crippen LogP contribution in [0.2, 0.25) is 0 Å². The lowest BCUT2D eigenvalue weighted by molar-refractivity contribution is -0.120. The first-order chi connectivity index (χ1) is 14.5. The highest BCUT2D eigenvalue weighted by Gasteiger charge is 2.27. The predicted octanol–water partition coefficient (Wildman–Crippen LogP) is 4.19. The summed E-state index contributed by atoms with van der Waals surface area (Å²) in [6.07, 6.45) is 1.70. The molecule has 1 aromatic heterocycles. The fourth-order valence-corrected chi connectivity index (χ4v) is 3.28. The van der Waals surface area contributed by atoms with Gasteiger partial charge in [-0.2, -0.15) is 0 Å². The van der Waals surface area contributed by atoms with Gasteiger partial charge in [-0.25, -0.2) is 9.98 Å². The first-order valence-corrected chi connectivity index (χ1v) is 9.76. The molecule has 6 heteroatoms. The van der Waals surface area contributed by atoms with E-state index >= 15 is 0 Å². The maximum absolute atomic E-state index is 13.1. The first kappa shape index (κ1) is 19.5. The molecule has 1 aliphatic heterocycles. The molecule has 0 saturated carbocycles. The number of nitrogens with one attached hydrogen (secondary N) is 1. The summed E-state index contributed by atoms with van der Waals surface area (Å²) in [6.45, 7) is 3.86. The van der Waals surface area contributed by atoms with Gasteiger partial charge in [-0.1, -0.05) is 47.5 Å². The normalized spacial score (nSPS) is 13.3. The van der Waals surface area contributed by atoms with Crippen molar-refractivity contribution in [1.29, 1.82) is 0 Å². The van der Waals surface area contributed by atoms with E-state index in [4.69, 9.17) is 4.99 Å². The molecule has 6 nitrogen and oxygen atoms in total. The van der Waals surface area contributed by atoms with Gasteiger partial charge in [0, 0.05) is 11.9 Å². The number of pyridine rings is 1. The first-order valence-electron chi connectivity index (χ1n) is 9.76. The van der Waals surface area contributed by atoms with Crippen molar-refractivity contribution in [2.45, 2.75) is 20.3 Å². The van der Waals surface area contributed by atoms with Crippen molar-refractivity contribution in [2.75, 3.05) is 16.8 Å². The van der Waals surface area contributed by atoms with Gasteiger partial charge in [0.1, 0.15) is 12.2 Å². The fraction of sp³-hybridized carbons (Fsp3) is 0.167. The standard InChI is InChI=1S/C24H22N4O2/c1-16-5-9-18(10-6-16)21-14-23(30)28(24-20(27-21)4-3-13-25-24)15-22(29)26-19-11-7-17(2)8-12-19/h3-13H,14-15H2,1-2H3,(H,26,29). The Labute approximate surface area is 175 Å². The highest BCUT2D eigenvalue weighted by Crippen LogP contribution is 2.30. The second-order valence-corrected chi connectivity index (χ2v) is 7.34. The number of aromatic nitrogens is 1. The van der Waals surface area contributed by atoms with E-state index < -0.39 is 0 Å². The summed E-state index contributed by atoms with van der Waals surface area (Å²) >= 11 is 0. The number of benzene rings is 2. The number of amides is 2. The van der Waals surface area contributed by atoms with E-state index in [0.717, 1.165) is 16.7 Å². The van der Waals surface area contributed by atoms with E-state index in [1.54, 1.807) is 18.3 Å². The van der Waals surface area contributed by atoms with Crippen LogP contribution in [0, 0.1) is 13.8 Å². The van der Waals surface area contributed by atoms with Crippen LogP contribution >= 0.6 is 0 Å². The fourth-order valence-electron chi connectivity index (χ4n) is 3.28. The maximum Gasteiger partial charge on any atom is 0.244 e. The maximum atomic E-state index is 13.1. The third kappa shape index (κ3) is 4.27. The second-order valence-electron chi connectivity index (χ2n) is 7.34. The number of hydrogen-bond donors (Lipinski definition) is 1. The average molecular weight is 398 g/mol. The third-order valence-electron chi connectivity index (χ3n) is 4.92. The van der Waals surface area contributed by atoms with E-state index in [2.05, 4.69) is 10.3 Å². The largest absolute Gasteiger partial charge is 0.325 e. The molecule has 1 aliphatic rings. The monoisotopic (exact) mass is 398 g/mol. The number of hydrogen-bond acceptors (Lipinski definition) is 4. The molecule has 0 fully saturated rings. The van der Waals surface area contributed by atoms with Crippen LogP contribution in [0.4, 0.5) is 17.2 Å². The molecule has 0 bridgehead atoms. The number of nitrogens with zero attached hydrogens (tertiary/aromatic N) is 3. The lowest BCUT2D eigenvalue weighted by atomic mass is 10.1. The molecule has 2 aromatic carbocycles. The van der Waals surface area contributed by atoms with E-state index in [-0.39, 0.29) is 24.8 Å². The predicted molar refractivity (Wildman–Crippen MR) is 118 cm³/mol. The zero-order chi connectivity index (χ0) is 21.1. The molecule has 2 amide bonds. The molecule has 2 heterocycles. The molecule has 0 aliphatic carbocycles. The molecule has 0 radical (unpaired) electrons. The lowest BCUT2D eigenvalue weighted by Gasteiger charge is -2.20. The Hall–Kier alpha value is -3.80. The Morgan fingerprint density at radius 1 is 1.00 bits per heavy atom. The van der Waals surface area contributed by atoms with Crippen molar-refractivity contribution in [3.63, 3.8) is 0 Å². The summed E-state index contributed by atoms with van der Waals surface area (Å²) in [5.41, 5.74) is 5.04. The average Bonchev–Trinajstić information content (AvgIpc) is 2.87. The number of carbonyl (C=O) groups excluding carboxylic acids is 2. The van der Waals surface area contributed by atoms with Gasteiger partial charge in [0.2, 0.25) is 11.8 Å². The minimum atomic E-state index is -0.289. The number of aliphatic imine (C=N–C) groups is 1. The van der Waals surface area contributed by atoms with Crippen molar-refractivity contribution >= 4 is 34.7 Å². The molecular weight excluding hydrogens is 376 g/mol. The van der Waals surface area contributed by atoms with Crippen LogP contribution in [-0.2, 0) is 9.59 Å². The molecule has 30 heavy (non-hydrogen) atoms. The van der Waals surface area contributed by atoms with Gasteiger partial charge in [0.25, 0.3) is 0 Å². The zero-order valence-electron chi connectivity index (χ0n) is 16.9. The van der Waals surface area contributed by atoms with Crippen molar-refractivity contribution in [3.8, 4) is 0 Å². The Morgan fingerprint density at radius 3 is 2.37 bits per heavy atom. The van der Waals surface area contributed by atoms with Gasteiger partial charge in [-0.15, -0.1) is 0 Å². The molecule has 0 unspecified atom stereocenters. The Balaban J connectivity index is 1.60. The smallest absolute Gasteiger partial charge is 0.244 e. The molecule has 4 rings (SSSR count). The number of fused-ring (bicyclic) bond motifs is 1. The Bertz CT molecular complexity index is 1120. The SMILES string of the molecule is Cc1ccc(NC(=O)CN2C(=O)CC(c3ccc(C)cc3)=Nc3cccnc32)cc1. The number of aryl methyl sites for hydroxylation is 2. The van der Waals surface area contributed by atoms with Crippen LogP contribution in [0.15, 0.2) is 71.9 Å². The number of anilines is 2. The molecule has 0 saturated heterocycles. The van der Waals surface area contributed by atoms with Gasteiger partial charge in [-0.3, -0.25) is 14.5 Å². The van der Waals surface area contributed by atoms with E-state index in [0.29, 0.717) is 22.9 Å². The number of rotatable bonds is 4. The summed E-state index contributed by atoms with van der Waals surface area (Å²) in [5, 5.41) is 2.84. The van der Waals surface area contributed by atoms with Crippen LogP contribution in [0.3, 0.4) is 0 Å². The van der Waals surface area contributed by atoms with Crippen molar-refractivity contribution in [1.82, 2.24) is 4.98 Å². The summed E-state index contributed by atoms with van der Waals surface area (Å²) < 4.78 is 0. The lowest BCUT2D eigenvalue weighted by Crippen LogP contribution is -2.38. The molecule has 1 N–H and O–H groups in total. The Morgan fingerprint density at radius 2 is 1.67 bits per heavy atom. The van der Waals surface area contributed by atoms with Crippen LogP contribution in [0.5, 0.6) is 0 Å². The van der Waals surface area contributed by atoms with E-state index in [1.807, 2.05) is 62.4 Å². The van der Waals surface area contributed by atoms with Crippen LogP contribution in [0.1, 0.15) is 23.1 Å². The van der Waals surface area contributed by atoms with Crippen LogP contribution in [-0.4, -0.2) is 29.1 Å². The molecule has 150 valence electrons. The van der Waals surface area contributed by atoms with Crippen LogP contribution in [0.25, 0.3) is 0 Å². The van der Waals surface area contributed by atoms with Crippen molar-refractivity contribution in [3.05, 3.63) is 83.6 Å². The minimum Gasteiger partial charge on any atom is -0.325 e. The summed E-state index contributed by atoms with van der Waals surface area (Å²) in [7, 11) is 0. The van der Waals surface area contributed by atoms with Gasteiger partial charge < -0.3 is 5.32 Å². The highest BCUT2D eigenvalue weighted by atomic mass is 16.2. The zero-order valence-corrected chi connectivity index (χ0v) is 16.9. The Kier molecular flexibility index (Phi) is 5.39. The van der Waals surface area contributed by atoms with Crippen LogP contribution < -0.4 is 10.2 Å². The summed E-state index contributed by atoms with van der Waals surface area (Å²) in [5.74, 6) is -0.114. The molecule has 0 atom stereocenters. The number of carbonyl (C=O) groups is 2. The third-order valence-corrected chi connectivity index (χ3v) is 4.92. The summed E-state index contributed by atoms with van der Waals surface area (Å²) in [6, 6.07) is 19.0. The second kappa shape index (κ2) is 8.29. The van der Waals surface area contributed by atoms with Gasteiger partial charge >= 0.3 is 0 Å². The molecule has 3 aromatic rings. The highest BCUT2D eigenvalue weighted by molar-refractivity contribution is 6.18. The minimum absolute atomic E-state index is 0.0945. The summed E-state index contributed by atoms with van der Waals surface area (Å²) in [4.78, 5) is 36.2. The van der Waals surface area contributed by atoms with Gasteiger partial charge in [0.05, 0.1) is 12.1 Å². The van der Waals surface area contributed by atoms with Crippen molar-refractivity contribution in [2.24, 2.45) is 4.99 Å². The molecule has 0 spiro atoms. The van der Waals surface area contributed by atoms with Gasteiger partial charge in [-0.05, 0) is 43.7 Å².